The van der Waals surface area contributed by atoms with Crippen LogP contribution in [0.2, 0.25) is 5.02 Å². The highest BCUT2D eigenvalue weighted by Crippen LogP contribution is 2.18. The second kappa shape index (κ2) is 5.85. The van der Waals surface area contributed by atoms with E-state index < -0.39 is 0 Å². The molecule has 1 N–H and O–H groups in total. The summed E-state index contributed by atoms with van der Waals surface area (Å²) in [5, 5.41) is 3.33. The quantitative estimate of drug-likeness (QED) is 0.930. The number of carbonyl (C=O) groups is 1. The molecule has 1 heterocycles. The van der Waals surface area contributed by atoms with Crippen molar-refractivity contribution in [2.45, 2.75) is 19.9 Å². The molecule has 0 bridgehead atoms. The van der Waals surface area contributed by atoms with Gasteiger partial charge in [-0.3, -0.25) is 9.78 Å². The van der Waals surface area contributed by atoms with Crippen molar-refractivity contribution in [2.75, 3.05) is 0 Å². The van der Waals surface area contributed by atoms with Crippen LogP contribution in [0.25, 0.3) is 0 Å². The van der Waals surface area contributed by atoms with Crippen molar-refractivity contribution in [2.24, 2.45) is 0 Å². The van der Waals surface area contributed by atoms with Crippen LogP contribution in [0.5, 0.6) is 0 Å². The van der Waals surface area contributed by atoms with Crippen LogP contribution in [-0.2, 0) is 0 Å². The maximum Gasteiger partial charge on any atom is 0.254 e. The largest absolute Gasteiger partial charge is 0.345 e. The summed E-state index contributed by atoms with van der Waals surface area (Å²) in [6.07, 6.45) is 1.50. The van der Waals surface area contributed by atoms with Crippen molar-refractivity contribution in [3.63, 3.8) is 0 Å². The number of amides is 1. The molecule has 1 aromatic heterocycles. The minimum Gasteiger partial charge on any atom is -0.345 e. The SMILES string of the molecule is Cc1cc(Cl)c(C(=O)N[C@@H](C)c2ccccc2)cn1. The van der Waals surface area contributed by atoms with Gasteiger partial charge in [0.15, 0.2) is 0 Å². The minimum absolute atomic E-state index is 0.0777. The van der Waals surface area contributed by atoms with Crippen molar-refractivity contribution in [1.82, 2.24) is 10.3 Å². The smallest absolute Gasteiger partial charge is 0.254 e. The van der Waals surface area contributed by atoms with E-state index in [-0.39, 0.29) is 11.9 Å². The highest BCUT2D eigenvalue weighted by atomic mass is 35.5. The van der Waals surface area contributed by atoms with Gasteiger partial charge in [-0.2, -0.15) is 0 Å². The van der Waals surface area contributed by atoms with Gasteiger partial charge in [-0.1, -0.05) is 41.9 Å². The predicted octanol–water partition coefficient (Wildman–Crippen LogP) is 3.53. The highest BCUT2D eigenvalue weighted by Gasteiger charge is 2.14. The van der Waals surface area contributed by atoms with E-state index in [4.69, 9.17) is 11.6 Å². The van der Waals surface area contributed by atoms with Crippen molar-refractivity contribution in [3.05, 3.63) is 64.4 Å². The summed E-state index contributed by atoms with van der Waals surface area (Å²) in [5.74, 6) is -0.214. The maximum atomic E-state index is 12.1. The molecule has 0 aliphatic heterocycles. The first-order valence-corrected chi connectivity index (χ1v) is 6.43. The van der Waals surface area contributed by atoms with Crippen LogP contribution in [0.1, 0.15) is 34.6 Å². The minimum atomic E-state index is -0.214. The molecular formula is C15H15ClN2O. The Morgan fingerprint density at radius 2 is 2.00 bits per heavy atom. The molecule has 2 aromatic rings. The lowest BCUT2D eigenvalue weighted by Gasteiger charge is -2.14. The number of nitrogens with one attached hydrogen (secondary N) is 1. The summed E-state index contributed by atoms with van der Waals surface area (Å²) in [7, 11) is 0. The number of benzene rings is 1. The van der Waals surface area contributed by atoms with Gasteiger partial charge in [0.25, 0.3) is 5.91 Å². The third kappa shape index (κ3) is 3.32. The van der Waals surface area contributed by atoms with Gasteiger partial charge in [0, 0.05) is 11.9 Å². The first-order valence-electron chi connectivity index (χ1n) is 6.06. The molecule has 0 aliphatic rings. The molecule has 19 heavy (non-hydrogen) atoms. The van der Waals surface area contributed by atoms with Crippen LogP contribution in [0, 0.1) is 6.92 Å². The molecule has 3 nitrogen and oxygen atoms in total. The normalized spacial score (nSPS) is 11.9. The van der Waals surface area contributed by atoms with Crippen molar-refractivity contribution < 1.29 is 4.79 Å². The number of carbonyl (C=O) groups excluding carboxylic acids is 1. The molecule has 2 rings (SSSR count). The summed E-state index contributed by atoms with van der Waals surface area (Å²) in [6, 6.07) is 11.4. The van der Waals surface area contributed by atoms with E-state index in [1.54, 1.807) is 6.07 Å². The van der Waals surface area contributed by atoms with Crippen LogP contribution < -0.4 is 5.32 Å². The van der Waals surface area contributed by atoms with Crippen molar-refractivity contribution in [1.29, 1.82) is 0 Å². The number of hydrogen-bond donors (Lipinski definition) is 1. The fourth-order valence-electron chi connectivity index (χ4n) is 1.79. The monoisotopic (exact) mass is 274 g/mol. The third-order valence-corrected chi connectivity index (χ3v) is 3.19. The Hall–Kier alpha value is -1.87. The van der Waals surface area contributed by atoms with E-state index in [1.165, 1.54) is 6.20 Å². The van der Waals surface area contributed by atoms with E-state index in [1.807, 2.05) is 44.2 Å². The molecule has 0 unspecified atom stereocenters. The molecule has 1 amide bonds. The number of aromatic nitrogens is 1. The van der Waals surface area contributed by atoms with E-state index in [2.05, 4.69) is 10.3 Å². The zero-order valence-electron chi connectivity index (χ0n) is 10.9. The first kappa shape index (κ1) is 13.6. The fourth-order valence-corrected chi connectivity index (χ4v) is 2.09. The molecule has 0 saturated carbocycles. The lowest BCUT2D eigenvalue weighted by molar-refractivity contribution is 0.0939. The van der Waals surface area contributed by atoms with Gasteiger partial charge >= 0.3 is 0 Å². The summed E-state index contributed by atoms with van der Waals surface area (Å²) in [5.41, 5.74) is 2.24. The van der Waals surface area contributed by atoms with Crippen LogP contribution in [-0.4, -0.2) is 10.9 Å². The first-order chi connectivity index (χ1) is 9.08. The molecule has 1 aromatic carbocycles. The molecule has 1 atom stereocenters. The Bertz CT molecular complexity index is 584. The van der Waals surface area contributed by atoms with E-state index in [0.717, 1.165) is 11.3 Å². The van der Waals surface area contributed by atoms with Gasteiger partial charge in [0.05, 0.1) is 16.6 Å². The number of pyridine rings is 1. The van der Waals surface area contributed by atoms with Crippen molar-refractivity contribution in [3.8, 4) is 0 Å². The van der Waals surface area contributed by atoms with Gasteiger partial charge in [0.2, 0.25) is 0 Å². The molecule has 4 heteroatoms. The average molecular weight is 275 g/mol. The zero-order valence-corrected chi connectivity index (χ0v) is 11.6. The Balaban J connectivity index is 2.13. The van der Waals surface area contributed by atoms with Gasteiger partial charge in [-0.15, -0.1) is 0 Å². The summed E-state index contributed by atoms with van der Waals surface area (Å²) < 4.78 is 0. The second-order valence-corrected chi connectivity index (χ2v) is 4.82. The van der Waals surface area contributed by atoms with Gasteiger partial charge in [0.1, 0.15) is 0 Å². The van der Waals surface area contributed by atoms with Crippen LogP contribution in [0.15, 0.2) is 42.6 Å². The standard InChI is InChI=1S/C15H15ClN2O/c1-10-8-14(16)13(9-17-10)15(19)18-11(2)12-6-4-3-5-7-12/h3-9,11H,1-2H3,(H,18,19)/t11-/m0/s1. The summed E-state index contributed by atoms with van der Waals surface area (Å²) in [4.78, 5) is 16.2. The van der Waals surface area contributed by atoms with Crippen LogP contribution in [0.3, 0.4) is 0 Å². The summed E-state index contributed by atoms with van der Waals surface area (Å²) in [6.45, 7) is 3.77. The van der Waals surface area contributed by atoms with Gasteiger partial charge in [-0.25, -0.2) is 0 Å². The molecular weight excluding hydrogens is 260 g/mol. The second-order valence-electron chi connectivity index (χ2n) is 4.41. The number of aryl methyl sites for hydroxylation is 1. The van der Waals surface area contributed by atoms with Gasteiger partial charge < -0.3 is 5.32 Å². The third-order valence-electron chi connectivity index (χ3n) is 2.88. The molecule has 0 saturated heterocycles. The Morgan fingerprint density at radius 1 is 1.32 bits per heavy atom. The average Bonchev–Trinajstić information content (AvgIpc) is 2.39. The van der Waals surface area contributed by atoms with E-state index >= 15 is 0 Å². The van der Waals surface area contributed by atoms with E-state index in [0.29, 0.717) is 10.6 Å². The molecule has 98 valence electrons. The van der Waals surface area contributed by atoms with Crippen LogP contribution in [0.4, 0.5) is 0 Å². The Morgan fingerprint density at radius 3 is 2.63 bits per heavy atom. The molecule has 0 fully saturated rings. The number of halogens is 1. The van der Waals surface area contributed by atoms with Crippen molar-refractivity contribution >= 4 is 17.5 Å². The molecule has 0 spiro atoms. The van der Waals surface area contributed by atoms with Crippen LogP contribution >= 0.6 is 11.6 Å². The fraction of sp³-hybridized carbons (Fsp3) is 0.200. The Labute approximate surface area is 117 Å². The summed E-state index contributed by atoms with van der Waals surface area (Å²) >= 11 is 6.05. The number of nitrogens with zero attached hydrogens (tertiary/aromatic N) is 1. The zero-order chi connectivity index (χ0) is 13.8. The topological polar surface area (TPSA) is 42.0 Å². The highest BCUT2D eigenvalue weighted by molar-refractivity contribution is 6.33. The molecule has 0 radical (unpaired) electrons. The lowest BCUT2D eigenvalue weighted by atomic mass is 10.1. The molecule has 0 aliphatic carbocycles. The Kier molecular flexibility index (Phi) is 4.17. The van der Waals surface area contributed by atoms with E-state index in [9.17, 15) is 4.79 Å². The maximum absolute atomic E-state index is 12.1. The number of hydrogen-bond acceptors (Lipinski definition) is 2. The van der Waals surface area contributed by atoms with Gasteiger partial charge in [-0.05, 0) is 25.5 Å². The predicted molar refractivity (Wildman–Crippen MR) is 76.3 cm³/mol. The lowest BCUT2D eigenvalue weighted by Crippen LogP contribution is -2.27. The number of rotatable bonds is 3.